The molecule has 7 heteroatoms. The van der Waals surface area contributed by atoms with Crippen LogP contribution in [0.5, 0.6) is 5.75 Å². The molecular weight excluding hydrogens is 416 g/mol. The molecule has 1 atom stereocenters. The summed E-state index contributed by atoms with van der Waals surface area (Å²) in [7, 11) is 2.04. The number of ether oxygens (including phenoxy) is 1. The summed E-state index contributed by atoms with van der Waals surface area (Å²) in [4.78, 5) is 13.7. The van der Waals surface area contributed by atoms with E-state index in [1.54, 1.807) is 25.1 Å². The molecule has 0 saturated carbocycles. The monoisotopic (exact) mass is 442 g/mol. The highest BCUT2D eigenvalue weighted by molar-refractivity contribution is 5.93. The summed E-state index contributed by atoms with van der Waals surface area (Å²) in [5, 5.41) is 8.02. The van der Waals surface area contributed by atoms with E-state index in [-0.39, 0.29) is 6.10 Å². The molecule has 0 spiro atoms. The molecule has 1 unspecified atom stereocenters. The summed E-state index contributed by atoms with van der Waals surface area (Å²) in [6.45, 7) is 2.51. The number of rotatable bonds is 9. The van der Waals surface area contributed by atoms with Gasteiger partial charge >= 0.3 is 0 Å². The van der Waals surface area contributed by atoms with Gasteiger partial charge < -0.3 is 19.8 Å². The number of nitrogens with two attached hydrogens (primary N) is 1. The fraction of sp³-hybridized carbons (Fsp3) is 0.192. The fourth-order valence-corrected chi connectivity index (χ4v) is 3.58. The second kappa shape index (κ2) is 9.99. The van der Waals surface area contributed by atoms with Gasteiger partial charge in [0.05, 0.1) is 0 Å². The molecule has 0 aliphatic carbocycles. The number of aryl methyl sites for hydroxylation is 1. The van der Waals surface area contributed by atoms with Crippen LogP contribution in [0.4, 0.5) is 5.69 Å². The van der Waals surface area contributed by atoms with Gasteiger partial charge in [0.15, 0.2) is 0 Å². The average molecular weight is 443 g/mol. The third-order valence-corrected chi connectivity index (χ3v) is 5.35. The number of benzene rings is 3. The zero-order chi connectivity index (χ0) is 23.2. The first-order valence-corrected chi connectivity index (χ1v) is 10.7. The highest BCUT2D eigenvalue weighted by atomic mass is 16.5. The molecule has 1 amide bonds. The van der Waals surface area contributed by atoms with Crippen LogP contribution in [-0.2, 0) is 0 Å². The van der Waals surface area contributed by atoms with Gasteiger partial charge in [0.2, 0.25) is 17.7 Å². The van der Waals surface area contributed by atoms with Crippen molar-refractivity contribution >= 4 is 11.6 Å². The van der Waals surface area contributed by atoms with E-state index in [0.717, 1.165) is 29.8 Å². The zero-order valence-electron chi connectivity index (χ0n) is 18.6. The van der Waals surface area contributed by atoms with Gasteiger partial charge in [-0.1, -0.05) is 42.5 Å². The van der Waals surface area contributed by atoms with E-state index in [4.69, 9.17) is 14.9 Å². The largest absolute Gasteiger partial charge is 0.486 e. The van der Waals surface area contributed by atoms with Gasteiger partial charge in [-0.3, -0.25) is 4.79 Å². The summed E-state index contributed by atoms with van der Waals surface area (Å²) < 4.78 is 11.9. The van der Waals surface area contributed by atoms with Crippen molar-refractivity contribution in [1.82, 2.24) is 10.2 Å². The van der Waals surface area contributed by atoms with Crippen molar-refractivity contribution < 1.29 is 13.9 Å². The Bertz CT molecular complexity index is 1220. The second-order valence-corrected chi connectivity index (χ2v) is 7.80. The molecule has 2 N–H and O–H groups in total. The normalized spacial score (nSPS) is 11.7. The minimum atomic E-state index is -0.479. The first-order valence-electron chi connectivity index (χ1n) is 10.7. The molecule has 4 rings (SSSR count). The van der Waals surface area contributed by atoms with Crippen molar-refractivity contribution in [1.29, 1.82) is 0 Å². The molecule has 0 bridgehead atoms. The Morgan fingerprint density at radius 1 is 1.03 bits per heavy atom. The number of hydrogen-bond acceptors (Lipinski definition) is 6. The number of anilines is 1. The van der Waals surface area contributed by atoms with Crippen LogP contribution in [0, 0.1) is 6.92 Å². The quantitative estimate of drug-likeness (QED) is 0.400. The van der Waals surface area contributed by atoms with Crippen LogP contribution < -0.4 is 15.4 Å². The van der Waals surface area contributed by atoms with Crippen molar-refractivity contribution in [2.24, 2.45) is 5.73 Å². The van der Waals surface area contributed by atoms with Crippen LogP contribution in [-0.4, -0.2) is 29.7 Å². The topological polar surface area (TPSA) is 94.5 Å². The lowest BCUT2D eigenvalue weighted by molar-refractivity contribution is 0.0999. The minimum Gasteiger partial charge on any atom is -0.486 e. The Morgan fingerprint density at radius 3 is 2.55 bits per heavy atom. The average Bonchev–Trinajstić information content (AvgIpc) is 3.28. The van der Waals surface area contributed by atoms with Gasteiger partial charge in [0, 0.05) is 43.8 Å². The molecule has 0 aliphatic heterocycles. The predicted octanol–water partition coefficient (Wildman–Crippen LogP) is 4.79. The van der Waals surface area contributed by atoms with Crippen molar-refractivity contribution in [3.05, 3.63) is 95.9 Å². The molecule has 0 radical (unpaired) electrons. The summed E-state index contributed by atoms with van der Waals surface area (Å²) in [6.07, 6.45) is 0.532. The van der Waals surface area contributed by atoms with Gasteiger partial charge in [0.1, 0.15) is 11.9 Å². The van der Waals surface area contributed by atoms with E-state index in [1.807, 2.05) is 67.7 Å². The van der Waals surface area contributed by atoms with E-state index in [0.29, 0.717) is 23.1 Å². The van der Waals surface area contributed by atoms with E-state index < -0.39 is 5.91 Å². The third-order valence-electron chi connectivity index (χ3n) is 5.35. The minimum absolute atomic E-state index is 0.196. The zero-order valence-corrected chi connectivity index (χ0v) is 18.6. The molecule has 1 heterocycles. The van der Waals surface area contributed by atoms with Gasteiger partial charge in [-0.15, -0.1) is 10.2 Å². The maximum absolute atomic E-state index is 11.6. The molecular formula is C26H26N4O3. The standard InChI is InChI=1S/C26H26N4O3/c1-18-28-29-26(32-18)21-11-6-12-22(16-21)30(2)15-14-24(19-8-4-3-5-9-19)33-23-13-7-10-20(17-23)25(27)31/h3-13,16-17,24H,14-15H2,1-2H3,(H2,27,31). The Kier molecular flexibility index (Phi) is 6.69. The van der Waals surface area contributed by atoms with E-state index in [1.165, 1.54) is 0 Å². The molecule has 1 aromatic heterocycles. The van der Waals surface area contributed by atoms with Crippen molar-refractivity contribution in [2.45, 2.75) is 19.4 Å². The first kappa shape index (κ1) is 22.1. The highest BCUT2D eigenvalue weighted by Crippen LogP contribution is 2.28. The highest BCUT2D eigenvalue weighted by Gasteiger charge is 2.16. The molecule has 3 aromatic carbocycles. The lowest BCUT2D eigenvalue weighted by Gasteiger charge is -2.25. The lowest BCUT2D eigenvalue weighted by atomic mass is 10.1. The predicted molar refractivity (Wildman–Crippen MR) is 127 cm³/mol. The van der Waals surface area contributed by atoms with Crippen molar-refractivity contribution in [3.63, 3.8) is 0 Å². The number of nitrogens with zero attached hydrogens (tertiary/aromatic N) is 3. The van der Waals surface area contributed by atoms with Crippen LogP contribution in [0.2, 0.25) is 0 Å². The van der Waals surface area contributed by atoms with Crippen molar-refractivity contribution in [2.75, 3.05) is 18.5 Å². The van der Waals surface area contributed by atoms with Gasteiger partial charge in [-0.05, 0) is 42.0 Å². The van der Waals surface area contributed by atoms with Crippen LogP contribution in [0.1, 0.15) is 34.3 Å². The van der Waals surface area contributed by atoms with E-state index >= 15 is 0 Å². The van der Waals surface area contributed by atoms with Crippen LogP contribution in [0.3, 0.4) is 0 Å². The smallest absolute Gasteiger partial charge is 0.248 e. The third kappa shape index (κ3) is 5.57. The van der Waals surface area contributed by atoms with Gasteiger partial charge in [-0.25, -0.2) is 0 Å². The fourth-order valence-electron chi connectivity index (χ4n) is 3.58. The summed E-state index contributed by atoms with van der Waals surface area (Å²) in [5.41, 5.74) is 8.82. The first-order chi connectivity index (χ1) is 16.0. The maximum Gasteiger partial charge on any atom is 0.248 e. The Morgan fingerprint density at radius 2 is 1.82 bits per heavy atom. The summed E-state index contributed by atoms with van der Waals surface area (Å²) in [5.74, 6) is 1.17. The summed E-state index contributed by atoms with van der Waals surface area (Å²) in [6, 6.07) is 25.0. The lowest BCUT2D eigenvalue weighted by Crippen LogP contribution is -2.22. The van der Waals surface area contributed by atoms with Crippen LogP contribution in [0.25, 0.3) is 11.5 Å². The SMILES string of the molecule is Cc1nnc(-c2cccc(N(C)CCC(Oc3cccc(C(N)=O)c3)c3ccccc3)c2)o1. The summed E-state index contributed by atoms with van der Waals surface area (Å²) >= 11 is 0. The van der Waals surface area contributed by atoms with Gasteiger partial charge in [-0.2, -0.15) is 0 Å². The van der Waals surface area contributed by atoms with E-state index in [9.17, 15) is 4.79 Å². The Labute approximate surface area is 192 Å². The number of carbonyl (C=O) groups excluding carboxylic acids is 1. The molecule has 4 aromatic rings. The molecule has 168 valence electrons. The number of hydrogen-bond donors (Lipinski definition) is 1. The van der Waals surface area contributed by atoms with Crippen LogP contribution >= 0.6 is 0 Å². The van der Waals surface area contributed by atoms with Crippen molar-refractivity contribution in [3.8, 4) is 17.2 Å². The van der Waals surface area contributed by atoms with Crippen LogP contribution in [0.15, 0.2) is 83.3 Å². The number of aromatic nitrogens is 2. The second-order valence-electron chi connectivity index (χ2n) is 7.80. The molecule has 0 saturated heterocycles. The number of amides is 1. The Balaban J connectivity index is 1.50. The number of carbonyl (C=O) groups is 1. The van der Waals surface area contributed by atoms with Gasteiger partial charge in [0.25, 0.3) is 0 Å². The molecule has 0 aliphatic rings. The molecule has 7 nitrogen and oxygen atoms in total. The Hall–Kier alpha value is -4.13. The maximum atomic E-state index is 11.6. The molecule has 0 fully saturated rings. The molecule has 33 heavy (non-hydrogen) atoms. The number of primary amides is 1. The van der Waals surface area contributed by atoms with E-state index in [2.05, 4.69) is 15.1 Å².